The molecule has 4 heteroatoms. The summed E-state index contributed by atoms with van der Waals surface area (Å²) in [6.45, 7) is 7.43. The Bertz CT molecular complexity index is 705. The Morgan fingerprint density at radius 3 is 2.71 bits per heavy atom. The van der Waals surface area contributed by atoms with Crippen LogP contribution in [0.2, 0.25) is 0 Å². The minimum absolute atomic E-state index is 0.224. The number of rotatable bonds is 3. The summed E-state index contributed by atoms with van der Waals surface area (Å²) in [6, 6.07) is 4.66. The van der Waals surface area contributed by atoms with Crippen LogP contribution in [0.3, 0.4) is 0 Å². The van der Waals surface area contributed by atoms with Crippen LogP contribution in [0.5, 0.6) is 11.5 Å². The first kappa shape index (κ1) is 16.9. The van der Waals surface area contributed by atoms with Gasteiger partial charge >= 0.3 is 0 Å². The summed E-state index contributed by atoms with van der Waals surface area (Å²) in [6.07, 6.45) is 4.07. The van der Waals surface area contributed by atoms with Gasteiger partial charge in [-0.3, -0.25) is 4.90 Å². The first-order valence-electron chi connectivity index (χ1n) is 8.51. The van der Waals surface area contributed by atoms with Gasteiger partial charge in [-0.1, -0.05) is 5.57 Å². The minimum atomic E-state index is 0.224. The maximum Gasteiger partial charge on any atom is 0.160 e. The molecule has 2 unspecified atom stereocenters. The Hall–Kier alpha value is -1.94. The van der Waals surface area contributed by atoms with Crippen molar-refractivity contribution < 1.29 is 14.6 Å². The van der Waals surface area contributed by atoms with Crippen molar-refractivity contribution in [3.63, 3.8) is 0 Å². The molecule has 0 spiro atoms. The van der Waals surface area contributed by atoms with Crippen LogP contribution < -0.4 is 4.74 Å². The van der Waals surface area contributed by atoms with Gasteiger partial charge in [-0.2, -0.15) is 0 Å². The molecule has 0 aliphatic carbocycles. The molecule has 0 amide bonds. The van der Waals surface area contributed by atoms with Gasteiger partial charge in [-0.15, -0.1) is 0 Å². The van der Waals surface area contributed by atoms with Gasteiger partial charge in [0.25, 0.3) is 0 Å². The Morgan fingerprint density at radius 2 is 2.04 bits per heavy atom. The van der Waals surface area contributed by atoms with Gasteiger partial charge in [0.1, 0.15) is 0 Å². The molecule has 0 saturated carbocycles. The van der Waals surface area contributed by atoms with Crippen LogP contribution in [0.25, 0.3) is 0 Å². The molecule has 1 aromatic carbocycles. The molecule has 0 bridgehead atoms. The SMILES string of the molecule is COC(C)=CC1=C(C)CN2C(C)Cc3cc(OC)c(O)cc3C2C1. The predicted molar refractivity (Wildman–Crippen MR) is 95.4 cm³/mol. The maximum absolute atomic E-state index is 10.2. The lowest BCUT2D eigenvalue weighted by Crippen LogP contribution is -2.45. The summed E-state index contributed by atoms with van der Waals surface area (Å²) in [7, 11) is 3.31. The van der Waals surface area contributed by atoms with Crippen LogP contribution >= 0.6 is 0 Å². The molecule has 2 aliphatic heterocycles. The quantitative estimate of drug-likeness (QED) is 0.852. The van der Waals surface area contributed by atoms with E-state index in [1.165, 1.54) is 22.3 Å². The van der Waals surface area contributed by atoms with Gasteiger partial charge in [0, 0.05) is 18.6 Å². The van der Waals surface area contributed by atoms with Crippen LogP contribution in [-0.2, 0) is 11.2 Å². The molecule has 0 radical (unpaired) electrons. The highest BCUT2D eigenvalue weighted by atomic mass is 16.5. The highest BCUT2D eigenvalue weighted by Crippen LogP contribution is 2.44. The number of benzene rings is 1. The molecule has 24 heavy (non-hydrogen) atoms. The van der Waals surface area contributed by atoms with E-state index in [2.05, 4.69) is 24.8 Å². The van der Waals surface area contributed by atoms with Crippen LogP contribution in [0, 0.1) is 0 Å². The second kappa shape index (κ2) is 6.52. The highest BCUT2D eigenvalue weighted by Gasteiger charge is 2.36. The summed E-state index contributed by atoms with van der Waals surface area (Å²) in [5.74, 6) is 1.72. The summed E-state index contributed by atoms with van der Waals surface area (Å²) in [5, 5.41) is 10.2. The normalized spacial score (nSPS) is 24.5. The van der Waals surface area contributed by atoms with Crippen molar-refractivity contribution in [1.82, 2.24) is 4.90 Å². The second-order valence-corrected chi connectivity index (χ2v) is 6.93. The summed E-state index contributed by atoms with van der Waals surface area (Å²) < 4.78 is 10.6. The molecule has 4 nitrogen and oxygen atoms in total. The van der Waals surface area contributed by atoms with E-state index in [9.17, 15) is 5.11 Å². The maximum atomic E-state index is 10.2. The van der Waals surface area contributed by atoms with Crippen LogP contribution in [0.15, 0.2) is 35.1 Å². The van der Waals surface area contributed by atoms with E-state index < -0.39 is 0 Å². The Labute approximate surface area is 144 Å². The van der Waals surface area contributed by atoms with Gasteiger partial charge < -0.3 is 14.6 Å². The lowest BCUT2D eigenvalue weighted by molar-refractivity contribution is 0.130. The average Bonchev–Trinajstić information content (AvgIpc) is 2.56. The van der Waals surface area contributed by atoms with E-state index in [0.29, 0.717) is 17.8 Å². The fourth-order valence-electron chi connectivity index (χ4n) is 3.94. The van der Waals surface area contributed by atoms with Crippen molar-refractivity contribution in [2.75, 3.05) is 20.8 Å². The van der Waals surface area contributed by atoms with Crippen LogP contribution in [0.1, 0.15) is 44.4 Å². The molecular weight excluding hydrogens is 302 g/mol. The number of ether oxygens (including phenoxy) is 2. The number of fused-ring (bicyclic) bond motifs is 3. The average molecular weight is 329 g/mol. The van der Waals surface area contributed by atoms with Crippen LogP contribution in [-0.4, -0.2) is 36.8 Å². The molecule has 2 aliphatic rings. The molecule has 0 saturated heterocycles. The number of nitrogens with zero attached hydrogens (tertiary/aromatic N) is 1. The Morgan fingerprint density at radius 1 is 1.29 bits per heavy atom. The fraction of sp³-hybridized carbons (Fsp3) is 0.500. The number of methoxy groups -OCH3 is 2. The number of phenols is 1. The number of hydrogen-bond acceptors (Lipinski definition) is 4. The van der Waals surface area contributed by atoms with Gasteiger partial charge in [0.05, 0.1) is 20.0 Å². The Balaban J connectivity index is 2.02. The Kier molecular flexibility index (Phi) is 4.59. The number of aromatic hydroxyl groups is 1. The first-order valence-corrected chi connectivity index (χ1v) is 8.51. The topological polar surface area (TPSA) is 41.9 Å². The smallest absolute Gasteiger partial charge is 0.160 e. The third kappa shape index (κ3) is 2.91. The number of allylic oxidation sites excluding steroid dienone is 2. The molecule has 130 valence electrons. The summed E-state index contributed by atoms with van der Waals surface area (Å²) in [4.78, 5) is 2.54. The fourth-order valence-corrected chi connectivity index (χ4v) is 3.94. The summed E-state index contributed by atoms with van der Waals surface area (Å²) >= 11 is 0. The van der Waals surface area contributed by atoms with E-state index in [-0.39, 0.29) is 5.75 Å². The molecule has 0 fully saturated rings. The van der Waals surface area contributed by atoms with E-state index in [0.717, 1.165) is 25.1 Å². The van der Waals surface area contributed by atoms with E-state index >= 15 is 0 Å². The molecule has 2 heterocycles. The van der Waals surface area contributed by atoms with E-state index in [1.54, 1.807) is 14.2 Å². The van der Waals surface area contributed by atoms with Gasteiger partial charge in [-0.05, 0) is 68.5 Å². The third-order valence-corrected chi connectivity index (χ3v) is 5.36. The molecular formula is C20H27NO3. The van der Waals surface area contributed by atoms with Crippen molar-refractivity contribution in [3.8, 4) is 11.5 Å². The molecule has 2 atom stereocenters. The monoisotopic (exact) mass is 329 g/mol. The number of hydrogen-bond donors (Lipinski definition) is 1. The van der Waals surface area contributed by atoms with Crippen molar-refractivity contribution >= 4 is 0 Å². The molecule has 0 aromatic heterocycles. The molecule has 3 rings (SSSR count). The lowest BCUT2D eigenvalue weighted by atomic mass is 9.81. The van der Waals surface area contributed by atoms with Gasteiger partial charge in [-0.25, -0.2) is 0 Å². The standard InChI is InChI=1S/C20H27NO3/c1-12-11-21-13(2)6-16-9-20(24-5)19(22)10-17(16)18(21)8-15(12)7-14(3)23-4/h7,9-10,13,18,22H,6,8,11H2,1-5H3. The molecule has 1 N–H and O–H groups in total. The zero-order valence-corrected chi connectivity index (χ0v) is 15.2. The summed E-state index contributed by atoms with van der Waals surface area (Å²) in [5.41, 5.74) is 5.24. The van der Waals surface area contributed by atoms with Gasteiger partial charge in [0.15, 0.2) is 11.5 Å². The largest absolute Gasteiger partial charge is 0.504 e. The zero-order valence-electron chi connectivity index (χ0n) is 15.2. The molecule has 1 aromatic rings. The number of phenolic OH excluding ortho intramolecular Hbond substituents is 1. The predicted octanol–water partition coefficient (Wildman–Crippen LogP) is 3.96. The first-order chi connectivity index (χ1) is 11.4. The van der Waals surface area contributed by atoms with E-state index in [4.69, 9.17) is 9.47 Å². The van der Waals surface area contributed by atoms with E-state index in [1.807, 2.05) is 19.1 Å². The van der Waals surface area contributed by atoms with Crippen molar-refractivity contribution in [3.05, 3.63) is 46.2 Å². The second-order valence-electron chi connectivity index (χ2n) is 6.93. The van der Waals surface area contributed by atoms with Crippen LogP contribution in [0.4, 0.5) is 0 Å². The lowest BCUT2D eigenvalue weighted by Gasteiger charge is -2.45. The van der Waals surface area contributed by atoms with Crippen molar-refractivity contribution in [1.29, 1.82) is 0 Å². The van der Waals surface area contributed by atoms with Crippen molar-refractivity contribution in [2.24, 2.45) is 0 Å². The minimum Gasteiger partial charge on any atom is -0.504 e. The van der Waals surface area contributed by atoms with Gasteiger partial charge in [0.2, 0.25) is 0 Å². The highest BCUT2D eigenvalue weighted by molar-refractivity contribution is 5.50. The zero-order chi connectivity index (χ0) is 17.4. The third-order valence-electron chi connectivity index (χ3n) is 5.36. The van der Waals surface area contributed by atoms with Crippen molar-refractivity contribution in [2.45, 2.75) is 45.7 Å².